The zero-order valence-corrected chi connectivity index (χ0v) is 19.0. The second-order valence-corrected chi connectivity index (χ2v) is 9.59. The number of nitrogens with zero attached hydrogens (tertiary/aromatic N) is 2. The summed E-state index contributed by atoms with van der Waals surface area (Å²) in [6, 6.07) is 22.1. The highest BCUT2D eigenvalue weighted by Crippen LogP contribution is 2.41. The number of benzene rings is 3. The van der Waals surface area contributed by atoms with Crippen molar-refractivity contribution in [2.24, 2.45) is 5.14 Å². The van der Waals surface area contributed by atoms with Crippen LogP contribution in [0, 0.1) is 0 Å². The molecule has 0 bridgehead atoms. The zero-order chi connectivity index (χ0) is 24.7. The van der Waals surface area contributed by atoms with E-state index in [-0.39, 0.29) is 21.9 Å². The molecule has 1 unspecified atom stereocenters. The van der Waals surface area contributed by atoms with Gasteiger partial charge in [-0.3, -0.25) is 19.5 Å². The van der Waals surface area contributed by atoms with Crippen molar-refractivity contribution < 1.29 is 23.1 Å². The first-order chi connectivity index (χ1) is 16.8. The fourth-order valence-electron chi connectivity index (χ4n) is 4.20. The molecule has 1 aliphatic heterocycles. The molecule has 3 aromatic carbocycles. The maximum atomic E-state index is 13.2. The van der Waals surface area contributed by atoms with Crippen molar-refractivity contribution >= 4 is 43.9 Å². The number of sulfonamides is 1. The molecule has 0 aliphatic carbocycles. The predicted octanol–water partition coefficient (Wildman–Crippen LogP) is 3.51. The highest BCUT2D eigenvalue weighted by atomic mass is 32.2. The molecular weight excluding hydrogens is 466 g/mol. The molecular formula is C26H19N3O5S. The molecule has 1 aliphatic rings. The number of hydrogen-bond donors (Lipinski definition) is 2. The highest BCUT2D eigenvalue weighted by Gasteiger charge is 2.47. The molecule has 0 spiro atoms. The first kappa shape index (κ1) is 22.5. The van der Waals surface area contributed by atoms with Crippen LogP contribution >= 0.6 is 0 Å². The van der Waals surface area contributed by atoms with E-state index in [2.05, 4.69) is 4.98 Å². The van der Waals surface area contributed by atoms with Crippen LogP contribution in [0.1, 0.15) is 17.3 Å². The Morgan fingerprint density at radius 3 is 2.23 bits per heavy atom. The maximum Gasteiger partial charge on any atom is 0.300 e. The number of anilines is 1. The van der Waals surface area contributed by atoms with Crippen molar-refractivity contribution in [3.8, 4) is 0 Å². The largest absolute Gasteiger partial charge is 0.507 e. The third-order valence-electron chi connectivity index (χ3n) is 5.88. The van der Waals surface area contributed by atoms with Crippen LogP contribution < -0.4 is 10.0 Å². The summed E-state index contributed by atoms with van der Waals surface area (Å²) in [6.07, 6.45) is 1.52. The monoisotopic (exact) mass is 485 g/mol. The molecule has 1 fully saturated rings. The first-order valence-electron chi connectivity index (χ1n) is 10.6. The van der Waals surface area contributed by atoms with Crippen LogP contribution in [-0.2, 0) is 19.6 Å². The number of ketones is 1. The summed E-state index contributed by atoms with van der Waals surface area (Å²) in [6.45, 7) is 0. The lowest BCUT2D eigenvalue weighted by molar-refractivity contribution is -0.132. The topological polar surface area (TPSA) is 131 Å². The first-order valence-corrected chi connectivity index (χ1v) is 12.1. The number of primary sulfonamides is 1. The van der Waals surface area contributed by atoms with E-state index < -0.39 is 27.8 Å². The van der Waals surface area contributed by atoms with Gasteiger partial charge in [0.1, 0.15) is 11.8 Å². The van der Waals surface area contributed by atoms with Crippen LogP contribution in [0.3, 0.4) is 0 Å². The molecule has 0 saturated carbocycles. The SMILES string of the molecule is NS(=O)(=O)c1ccc(N2C(=O)C(=O)/C(=C(\O)c3ccc4ccccc4c3)C2c2ccccn2)cc1. The van der Waals surface area contributed by atoms with Crippen LogP contribution in [0.5, 0.6) is 0 Å². The third kappa shape index (κ3) is 3.96. The number of rotatable bonds is 4. The Labute approximate surface area is 201 Å². The fourth-order valence-corrected chi connectivity index (χ4v) is 4.72. The van der Waals surface area contributed by atoms with E-state index >= 15 is 0 Å². The Morgan fingerprint density at radius 2 is 1.57 bits per heavy atom. The zero-order valence-electron chi connectivity index (χ0n) is 18.2. The molecule has 35 heavy (non-hydrogen) atoms. The van der Waals surface area contributed by atoms with Crippen molar-refractivity contribution in [2.45, 2.75) is 10.9 Å². The fraction of sp³-hybridized carbons (Fsp3) is 0.0385. The molecule has 1 aromatic heterocycles. The smallest absolute Gasteiger partial charge is 0.300 e. The average molecular weight is 486 g/mol. The Morgan fingerprint density at radius 1 is 0.886 bits per heavy atom. The molecule has 1 saturated heterocycles. The van der Waals surface area contributed by atoms with Crippen molar-refractivity contribution in [1.82, 2.24) is 4.98 Å². The summed E-state index contributed by atoms with van der Waals surface area (Å²) < 4.78 is 23.3. The van der Waals surface area contributed by atoms with Gasteiger partial charge >= 0.3 is 0 Å². The number of fused-ring (bicyclic) bond motifs is 1. The second kappa shape index (κ2) is 8.46. The number of aliphatic hydroxyl groups excluding tert-OH is 1. The summed E-state index contributed by atoms with van der Waals surface area (Å²) >= 11 is 0. The van der Waals surface area contributed by atoms with E-state index in [0.717, 1.165) is 10.8 Å². The number of hydrogen-bond acceptors (Lipinski definition) is 6. The van der Waals surface area contributed by atoms with E-state index in [9.17, 15) is 23.1 Å². The maximum absolute atomic E-state index is 13.2. The van der Waals surface area contributed by atoms with Gasteiger partial charge in [-0.2, -0.15) is 0 Å². The number of Topliss-reactive ketones (excluding diaryl/α,β-unsaturated/α-hetero) is 1. The van der Waals surface area contributed by atoms with E-state index in [0.29, 0.717) is 11.3 Å². The number of pyridine rings is 1. The number of aromatic nitrogens is 1. The molecule has 3 N–H and O–H groups in total. The standard InChI is InChI=1S/C26H19N3O5S/c27-35(33,34)20-12-10-19(11-13-20)29-23(21-7-3-4-14-28-21)22(25(31)26(29)32)24(30)18-9-8-16-5-1-2-6-17(16)15-18/h1-15,23,30H,(H2,27,33,34)/b24-22-. The van der Waals surface area contributed by atoms with Gasteiger partial charge in [-0.05, 0) is 53.2 Å². The summed E-state index contributed by atoms with van der Waals surface area (Å²) in [5, 5.41) is 18.3. The second-order valence-electron chi connectivity index (χ2n) is 8.02. The molecule has 1 atom stereocenters. The van der Waals surface area contributed by atoms with E-state index in [1.165, 1.54) is 35.4 Å². The van der Waals surface area contributed by atoms with Gasteiger partial charge in [0.25, 0.3) is 11.7 Å². The minimum atomic E-state index is -3.94. The number of nitrogens with two attached hydrogens (primary N) is 1. The van der Waals surface area contributed by atoms with Gasteiger partial charge in [-0.25, -0.2) is 13.6 Å². The molecule has 8 nitrogen and oxygen atoms in total. The third-order valence-corrected chi connectivity index (χ3v) is 6.81. The molecule has 174 valence electrons. The molecule has 0 radical (unpaired) electrons. The number of amides is 1. The van der Waals surface area contributed by atoms with Crippen LogP contribution in [0.15, 0.2) is 102 Å². The van der Waals surface area contributed by atoms with E-state index in [1.54, 1.807) is 30.3 Å². The van der Waals surface area contributed by atoms with Crippen molar-refractivity contribution in [3.63, 3.8) is 0 Å². The van der Waals surface area contributed by atoms with Crippen molar-refractivity contribution in [2.75, 3.05) is 4.90 Å². The van der Waals surface area contributed by atoms with Crippen LogP contribution in [0.25, 0.3) is 16.5 Å². The molecule has 9 heteroatoms. The molecule has 4 aromatic rings. The molecule has 1 amide bonds. The lowest BCUT2D eigenvalue weighted by Gasteiger charge is -2.24. The van der Waals surface area contributed by atoms with Gasteiger partial charge in [0.05, 0.1) is 16.2 Å². The Bertz CT molecular complexity index is 1610. The Kier molecular flexibility index (Phi) is 5.43. The van der Waals surface area contributed by atoms with Crippen molar-refractivity contribution in [1.29, 1.82) is 0 Å². The van der Waals surface area contributed by atoms with E-state index in [4.69, 9.17) is 5.14 Å². The molecule has 5 rings (SSSR count). The summed E-state index contributed by atoms with van der Waals surface area (Å²) in [5.74, 6) is -2.07. The summed E-state index contributed by atoms with van der Waals surface area (Å²) in [7, 11) is -3.94. The normalized spacial score (nSPS) is 17.7. The van der Waals surface area contributed by atoms with Crippen LogP contribution in [-0.4, -0.2) is 30.2 Å². The van der Waals surface area contributed by atoms with Crippen molar-refractivity contribution in [3.05, 3.63) is 108 Å². The Balaban J connectivity index is 1.69. The molecule has 2 heterocycles. The van der Waals surface area contributed by atoms with E-state index in [1.807, 2.05) is 30.3 Å². The Hall–Kier alpha value is -4.34. The summed E-state index contributed by atoms with van der Waals surface area (Å²) in [4.78, 5) is 31.8. The minimum Gasteiger partial charge on any atom is -0.507 e. The lowest BCUT2D eigenvalue weighted by Crippen LogP contribution is -2.29. The predicted molar refractivity (Wildman–Crippen MR) is 131 cm³/mol. The average Bonchev–Trinajstić information content (AvgIpc) is 3.13. The van der Waals surface area contributed by atoms with Gasteiger partial charge in [-0.1, -0.05) is 42.5 Å². The van der Waals surface area contributed by atoms with Gasteiger partial charge < -0.3 is 5.11 Å². The van der Waals surface area contributed by atoms with Gasteiger partial charge in [0.2, 0.25) is 10.0 Å². The van der Waals surface area contributed by atoms with Crippen LogP contribution in [0.2, 0.25) is 0 Å². The van der Waals surface area contributed by atoms with Gasteiger partial charge in [0, 0.05) is 17.4 Å². The van der Waals surface area contributed by atoms with Gasteiger partial charge in [-0.15, -0.1) is 0 Å². The number of carbonyl (C=O) groups is 2. The van der Waals surface area contributed by atoms with Crippen LogP contribution in [0.4, 0.5) is 5.69 Å². The highest BCUT2D eigenvalue weighted by molar-refractivity contribution is 7.89. The lowest BCUT2D eigenvalue weighted by atomic mass is 9.97. The van der Waals surface area contributed by atoms with Gasteiger partial charge in [0.15, 0.2) is 0 Å². The quantitative estimate of drug-likeness (QED) is 0.258. The number of carbonyl (C=O) groups excluding carboxylic acids is 2. The minimum absolute atomic E-state index is 0.112. The summed E-state index contributed by atoms with van der Waals surface area (Å²) in [5.41, 5.74) is 0.893. The number of aliphatic hydroxyl groups is 1.